The van der Waals surface area contributed by atoms with Crippen molar-refractivity contribution in [1.29, 1.82) is 0 Å². The van der Waals surface area contributed by atoms with E-state index in [1.807, 2.05) is 6.08 Å². The second kappa shape index (κ2) is 9.70. The molecule has 0 N–H and O–H groups in total. The van der Waals surface area contributed by atoms with Gasteiger partial charge in [0.15, 0.2) is 5.78 Å². The maximum atomic E-state index is 10.6. The minimum absolute atomic E-state index is 0.125. The number of carbonyl (C=O) groups is 1. The van der Waals surface area contributed by atoms with Crippen molar-refractivity contribution in [2.45, 2.75) is 52.9 Å². The molecule has 0 fully saturated rings. The predicted octanol–water partition coefficient (Wildman–Crippen LogP) is 4.29. The van der Waals surface area contributed by atoms with Crippen LogP contribution in [0.1, 0.15) is 52.9 Å². The lowest BCUT2D eigenvalue weighted by molar-refractivity contribution is -0.112. The lowest BCUT2D eigenvalue weighted by Gasteiger charge is -2.01. The third-order valence-corrected chi connectivity index (χ3v) is 2.19. The van der Waals surface area contributed by atoms with E-state index in [1.165, 1.54) is 25.7 Å². The normalized spacial score (nSPS) is 12.0. The zero-order valence-electron chi connectivity index (χ0n) is 10.3. The van der Waals surface area contributed by atoms with Gasteiger partial charge in [-0.2, -0.15) is 0 Å². The van der Waals surface area contributed by atoms with E-state index in [1.54, 1.807) is 13.0 Å². The molecular weight excluding hydrogens is 184 g/mol. The van der Waals surface area contributed by atoms with Crippen molar-refractivity contribution < 1.29 is 4.79 Å². The highest BCUT2D eigenvalue weighted by atomic mass is 16.1. The van der Waals surface area contributed by atoms with Crippen LogP contribution in [0.15, 0.2) is 24.3 Å². The summed E-state index contributed by atoms with van der Waals surface area (Å²) < 4.78 is 0. The minimum atomic E-state index is 0.125. The highest BCUT2D eigenvalue weighted by molar-refractivity contribution is 5.87. The van der Waals surface area contributed by atoms with Gasteiger partial charge in [0.1, 0.15) is 0 Å². The zero-order valence-corrected chi connectivity index (χ0v) is 10.3. The van der Waals surface area contributed by atoms with E-state index >= 15 is 0 Å². The second-order valence-corrected chi connectivity index (χ2v) is 4.40. The van der Waals surface area contributed by atoms with Crippen LogP contribution in [0.25, 0.3) is 0 Å². The van der Waals surface area contributed by atoms with Gasteiger partial charge in [0.25, 0.3) is 0 Å². The van der Waals surface area contributed by atoms with E-state index in [0.717, 1.165) is 12.3 Å². The van der Waals surface area contributed by atoms with Crippen molar-refractivity contribution in [1.82, 2.24) is 0 Å². The molecule has 0 atom stereocenters. The van der Waals surface area contributed by atoms with E-state index < -0.39 is 0 Å². The van der Waals surface area contributed by atoms with Crippen LogP contribution in [0.2, 0.25) is 0 Å². The minimum Gasteiger partial charge on any atom is -0.295 e. The molecule has 0 heterocycles. The number of hydrogen-bond donors (Lipinski definition) is 0. The van der Waals surface area contributed by atoms with E-state index in [0.29, 0.717) is 0 Å². The molecule has 0 aliphatic rings. The molecule has 0 unspecified atom stereocenters. The Morgan fingerprint density at radius 2 is 1.87 bits per heavy atom. The summed E-state index contributed by atoms with van der Waals surface area (Å²) in [6.07, 6.45) is 13.9. The largest absolute Gasteiger partial charge is 0.295 e. The summed E-state index contributed by atoms with van der Waals surface area (Å²) in [7, 11) is 0. The van der Waals surface area contributed by atoms with Crippen molar-refractivity contribution in [3.8, 4) is 0 Å². The molecule has 0 aromatic rings. The average molecular weight is 208 g/mol. The average Bonchev–Trinajstić information content (AvgIpc) is 2.14. The first-order valence-electron chi connectivity index (χ1n) is 5.95. The van der Waals surface area contributed by atoms with Crippen LogP contribution in [-0.2, 0) is 4.79 Å². The molecule has 0 radical (unpaired) electrons. The second-order valence-electron chi connectivity index (χ2n) is 4.40. The number of carbonyl (C=O) groups excluding carboxylic acids is 1. The van der Waals surface area contributed by atoms with Crippen LogP contribution < -0.4 is 0 Å². The fourth-order valence-electron chi connectivity index (χ4n) is 1.34. The summed E-state index contributed by atoms with van der Waals surface area (Å²) in [6.45, 7) is 6.11. The Balaban J connectivity index is 3.28. The molecule has 0 aliphatic heterocycles. The Hall–Kier alpha value is -0.850. The molecule has 1 heteroatoms. The molecule has 86 valence electrons. The molecule has 0 saturated heterocycles. The molecule has 0 amide bonds. The first kappa shape index (κ1) is 14.2. The fraction of sp³-hybridized carbons (Fsp3) is 0.643. The summed E-state index contributed by atoms with van der Waals surface area (Å²) in [4.78, 5) is 10.6. The third-order valence-electron chi connectivity index (χ3n) is 2.19. The fourth-order valence-corrected chi connectivity index (χ4v) is 1.34. The SMILES string of the molecule is CC(=O)/C=C\C/C=C\CCCCC(C)C. The third kappa shape index (κ3) is 13.2. The van der Waals surface area contributed by atoms with Gasteiger partial charge < -0.3 is 0 Å². The first-order valence-corrected chi connectivity index (χ1v) is 5.95. The van der Waals surface area contributed by atoms with Crippen LogP contribution in [0.4, 0.5) is 0 Å². The van der Waals surface area contributed by atoms with Crippen molar-refractivity contribution in [3.63, 3.8) is 0 Å². The van der Waals surface area contributed by atoms with Gasteiger partial charge in [-0.1, -0.05) is 44.9 Å². The number of rotatable bonds is 8. The van der Waals surface area contributed by atoms with E-state index in [4.69, 9.17) is 0 Å². The Morgan fingerprint density at radius 1 is 1.13 bits per heavy atom. The van der Waals surface area contributed by atoms with Gasteiger partial charge in [0, 0.05) is 0 Å². The van der Waals surface area contributed by atoms with Gasteiger partial charge in [-0.15, -0.1) is 0 Å². The maximum absolute atomic E-state index is 10.6. The highest BCUT2D eigenvalue weighted by Crippen LogP contribution is 2.08. The van der Waals surface area contributed by atoms with Gasteiger partial charge in [-0.3, -0.25) is 4.79 Å². The van der Waals surface area contributed by atoms with E-state index in [9.17, 15) is 4.79 Å². The van der Waals surface area contributed by atoms with Crippen LogP contribution in [0.5, 0.6) is 0 Å². The quantitative estimate of drug-likeness (QED) is 0.330. The maximum Gasteiger partial charge on any atom is 0.152 e. The summed E-state index contributed by atoms with van der Waals surface area (Å²) in [5, 5.41) is 0. The Kier molecular flexibility index (Phi) is 9.15. The molecule has 0 aromatic heterocycles. The monoisotopic (exact) mass is 208 g/mol. The van der Waals surface area contributed by atoms with Gasteiger partial charge in [0.05, 0.1) is 0 Å². The lowest BCUT2D eigenvalue weighted by atomic mass is 10.1. The van der Waals surface area contributed by atoms with E-state index in [2.05, 4.69) is 26.0 Å². The van der Waals surface area contributed by atoms with Gasteiger partial charge in [-0.05, 0) is 38.2 Å². The summed E-state index contributed by atoms with van der Waals surface area (Å²) in [5.41, 5.74) is 0. The van der Waals surface area contributed by atoms with Gasteiger partial charge >= 0.3 is 0 Å². The lowest BCUT2D eigenvalue weighted by Crippen LogP contribution is -1.85. The molecule has 0 spiro atoms. The smallest absolute Gasteiger partial charge is 0.152 e. The molecule has 0 bridgehead atoms. The van der Waals surface area contributed by atoms with Crippen LogP contribution in [-0.4, -0.2) is 5.78 Å². The van der Waals surface area contributed by atoms with Crippen molar-refractivity contribution in [3.05, 3.63) is 24.3 Å². The van der Waals surface area contributed by atoms with Crippen LogP contribution >= 0.6 is 0 Å². The number of hydrogen-bond acceptors (Lipinski definition) is 1. The number of ketones is 1. The molecule has 0 aromatic carbocycles. The molecule has 1 nitrogen and oxygen atoms in total. The predicted molar refractivity (Wildman–Crippen MR) is 66.9 cm³/mol. The summed E-state index contributed by atoms with van der Waals surface area (Å²) in [5.74, 6) is 0.952. The van der Waals surface area contributed by atoms with Gasteiger partial charge in [0.2, 0.25) is 0 Å². The molecule has 0 saturated carbocycles. The first-order chi connectivity index (χ1) is 7.13. The number of allylic oxidation sites excluding steroid dienone is 4. The molecule has 15 heavy (non-hydrogen) atoms. The van der Waals surface area contributed by atoms with Crippen LogP contribution in [0, 0.1) is 5.92 Å². The number of unbranched alkanes of at least 4 members (excludes halogenated alkanes) is 2. The Bertz CT molecular complexity index is 211. The van der Waals surface area contributed by atoms with Crippen LogP contribution in [0.3, 0.4) is 0 Å². The van der Waals surface area contributed by atoms with E-state index in [-0.39, 0.29) is 5.78 Å². The standard InChI is InChI=1S/C14H24O/c1-13(2)11-9-7-5-4-6-8-10-12-14(3)15/h4,6,10,12-13H,5,7-9,11H2,1-3H3/b6-4-,12-10-. The Morgan fingerprint density at radius 3 is 2.47 bits per heavy atom. The Labute approximate surface area is 94.3 Å². The molecular formula is C14H24O. The molecule has 0 rings (SSSR count). The topological polar surface area (TPSA) is 17.1 Å². The van der Waals surface area contributed by atoms with Crippen molar-refractivity contribution in [2.75, 3.05) is 0 Å². The molecule has 0 aliphatic carbocycles. The zero-order chi connectivity index (χ0) is 11.5. The van der Waals surface area contributed by atoms with Crippen molar-refractivity contribution >= 4 is 5.78 Å². The van der Waals surface area contributed by atoms with Crippen molar-refractivity contribution in [2.24, 2.45) is 5.92 Å². The highest BCUT2D eigenvalue weighted by Gasteiger charge is 1.91. The summed E-state index contributed by atoms with van der Waals surface area (Å²) in [6, 6.07) is 0. The van der Waals surface area contributed by atoms with Gasteiger partial charge in [-0.25, -0.2) is 0 Å². The summed E-state index contributed by atoms with van der Waals surface area (Å²) >= 11 is 0.